The van der Waals surface area contributed by atoms with Crippen molar-refractivity contribution in [2.24, 2.45) is 0 Å². The molecule has 0 spiro atoms. The van der Waals surface area contributed by atoms with Gasteiger partial charge in [0.05, 0.1) is 17.0 Å². The minimum Gasteiger partial charge on any atom is -0.394 e. The molecule has 1 rings (SSSR count). The van der Waals surface area contributed by atoms with Crippen molar-refractivity contribution in [3.05, 3.63) is 29.3 Å². The molecule has 1 unspecified atom stereocenters. The van der Waals surface area contributed by atoms with Crippen molar-refractivity contribution in [1.82, 2.24) is 4.72 Å². The molecule has 0 aliphatic carbocycles. The third-order valence-electron chi connectivity index (χ3n) is 2.62. The summed E-state index contributed by atoms with van der Waals surface area (Å²) in [7, 11) is -3.66. The van der Waals surface area contributed by atoms with Gasteiger partial charge in [-0.3, -0.25) is 0 Å². The van der Waals surface area contributed by atoms with Crippen molar-refractivity contribution in [3.63, 3.8) is 0 Å². The molecule has 2 N–H and O–H groups in total. The van der Waals surface area contributed by atoms with E-state index < -0.39 is 15.6 Å². The second kappa shape index (κ2) is 5.35. The number of hydrogen-bond acceptors (Lipinski definition) is 3. The Morgan fingerprint density at radius 2 is 2.12 bits per heavy atom. The number of rotatable bonds is 5. The zero-order chi connectivity index (χ0) is 13.1. The van der Waals surface area contributed by atoms with Gasteiger partial charge >= 0.3 is 0 Å². The van der Waals surface area contributed by atoms with Crippen molar-refractivity contribution in [3.8, 4) is 0 Å². The molecule has 0 amide bonds. The van der Waals surface area contributed by atoms with Crippen molar-refractivity contribution in [2.75, 3.05) is 6.61 Å². The Morgan fingerprint density at radius 1 is 1.47 bits per heavy atom. The van der Waals surface area contributed by atoms with Crippen LogP contribution in [0.4, 0.5) is 0 Å². The summed E-state index contributed by atoms with van der Waals surface area (Å²) >= 11 is 5.75. The number of aliphatic hydroxyl groups excluding tert-OH is 1. The molecule has 17 heavy (non-hydrogen) atoms. The van der Waals surface area contributed by atoms with Gasteiger partial charge in [0.25, 0.3) is 0 Å². The summed E-state index contributed by atoms with van der Waals surface area (Å²) in [6, 6.07) is 6.00. The van der Waals surface area contributed by atoms with Crippen molar-refractivity contribution in [1.29, 1.82) is 0 Å². The van der Waals surface area contributed by atoms with Crippen LogP contribution in [-0.4, -0.2) is 25.7 Å². The van der Waals surface area contributed by atoms with Crippen LogP contribution >= 0.6 is 11.6 Å². The standard InChI is InChI=1S/C11H16ClNO3S/c1-3-11(2,8-14)13-17(15,16)10-6-4-5-9(12)7-10/h4-7,13-14H,3,8H2,1-2H3. The van der Waals surface area contributed by atoms with Crippen LogP contribution in [0.5, 0.6) is 0 Å². The van der Waals surface area contributed by atoms with Crippen LogP contribution in [0.15, 0.2) is 29.2 Å². The highest BCUT2D eigenvalue weighted by Gasteiger charge is 2.28. The SMILES string of the molecule is CCC(C)(CO)NS(=O)(=O)c1cccc(Cl)c1. The van der Waals surface area contributed by atoms with E-state index in [1.165, 1.54) is 12.1 Å². The fourth-order valence-electron chi connectivity index (χ4n) is 1.23. The third kappa shape index (κ3) is 3.67. The summed E-state index contributed by atoms with van der Waals surface area (Å²) in [6.07, 6.45) is 0.489. The Kier molecular flexibility index (Phi) is 4.55. The maximum Gasteiger partial charge on any atom is 0.241 e. The quantitative estimate of drug-likeness (QED) is 0.862. The van der Waals surface area contributed by atoms with Gasteiger partial charge in [0.2, 0.25) is 10.0 Å². The molecule has 0 bridgehead atoms. The van der Waals surface area contributed by atoms with Crippen LogP contribution in [-0.2, 0) is 10.0 Å². The molecular weight excluding hydrogens is 262 g/mol. The number of nitrogens with one attached hydrogen (secondary N) is 1. The molecule has 0 aliphatic heterocycles. The van der Waals surface area contributed by atoms with Gasteiger partial charge in [-0.15, -0.1) is 0 Å². The van der Waals surface area contributed by atoms with Gasteiger partial charge in [-0.1, -0.05) is 24.6 Å². The van der Waals surface area contributed by atoms with Gasteiger partial charge < -0.3 is 5.11 Å². The van der Waals surface area contributed by atoms with E-state index in [1.54, 1.807) is 26.0 Å². The van der Waals surface area contributed by atoms with E-state index in [-0.39, 0.29) is 11.5 Å². The molecule has 1 atom stereocenters. The van der Waals surface area contributed by atoms with E-state index in [2.05, 4.69) is 4.72 Å². The Bertz CT molecular complexity index is 483. The molecular formula is C11H16ClNO3S. The lowest BCUT2D eigenvalue weighted by Gasteiger charge is -2.26. The molecule has 0 aliphatic rings. The van der Waals surface area contributed by atoms with Crippen molar-refractivity contribution >= 4 is 21.6 Å². The first kappa shape index (κ1) is 14.4. The maximum absolute atomic E-state index is 12.0. The van der Waals surface area contributed by atoms with E-state index in [4.69, 9.17) is 11.6 Å². The molecule has 0 radical (unpaired) electrons. The van der Waals surface area contributed by atoms with Gasteiger partial charge in [-0.2, -0.15) is 0 Å². The predicted molar refractivity (Wildman–Crippen MR) is 67.6 cm³/mol. The predicted octanol–water partition coefficient (Wildman–Crippen LogP) is 1.78. The van der Waals surface area contributed by atoms with Crippen molar-refractivity contribution < 1.29 is 13.5 Å². The first-order valence-corrected chi connectivity index (χ1v) is 7.09. The summed E-state index contributed by atoms with van der Waals surface area (Å²) in [5.74, 6) is 0. The molecule has 0 saturated carbocycles. The summed E-state index contributed by atoms with van der Waals surface area (Å²) in [5.41, 5.74) is -0.860. The third-order valence-corrected chi connectivity index (χ3v) is 4.49. The van der Waals surface area contributed by atoms with Crippen molar-refractivity contribution in [2.45, 2.75) is 30.7 Å². The second-order valence-corrected chi connectivity index (χ2v) is 6.25. The van der Waals surface area contributed by atoms with E-state index in [0.29, 0.717) is 11.4 Å². The second-order valence-electron chi connectivity index (χ2n) is 4.14. The molecule has 1 aromatic rings. The molecule has 4 nitrogen and oxygen atoms in total. The Hall–Kier alpha value is -0.620. The average molecular weight is 278 g/mol. The molecule has 1 aromatic carbocycles. The lowest BCUT2D eigenvalue weighted by atomic mass is 10.0. The van der Waals surface area contributed by atoms with E-state index in [1.807, 2.05) is 0 Å². The van der Waals surface area contributed by atoms with Gasteiger partial charge in [0.15, 0.2) is 0 Å². The Morgan fingerprint density at radius 3 is 2.59 bits per heavy atom. The molecule has 0 heterocycles. The average Bonchev–Trinajstić information content (AvgIpc) is 2.28. The minimum atomic E-state index is -3.66. The van der Waals surface area contributed by atoms with Crippen LogP contribution in [0.2, 0.25) is 5.02 Å². The number of halogens is 1. The topological polar surface area (TPSA) is 66.4 Å². The van der Waals surface area contributed by atoms with Gasteiger partial charge in [0, 0.05) is 5.02 Å². The van der Waals surface area contributed by atoms with Crippen LogP contribution in [0.1, 0.15) is 20.3 Å². The van der Waals surface area contributed by atoms with Gasteiger partial charge in [-0.05, 0) is 31.5 Å². The number of hydrogen-bond donors (Lipinski definition) is 2. The molecule has 6 heteroatoms. The number of sulfonamides is 1. The summed E-state index contributed by atoms with van der Waals surface area (Å²) < 4.78 is 26.6. The van der Waals surface area contributed by atoms with Gasteiger partial charge in [-0.25, -0.2) is 13.1 Å². The van der Waals surface area contributed by atoms with E-state index >= 15 is 0 Å². The lowest BCUT2D eigenvalue weighted by Crippen LogP contribution is -2.48. The lowest BCUT2D eigenvalue weighted by molar-refractivity contribution is 0.191. The smallest absolute Gasteiger partial charge is 0.241 e. The summed E-state index contributed by atoms with van der Waals surface area (Å²) in [6.45, 7) is 3.19. The Labute approximate surface area is 107 Å². The highest BCUT2D eigenvalue weighted by atomic mass is 35.5. The minimum absolute atomic E-state index is 0.0955. The van der Waals surface area contributed by atoms with Gasteiger partial charge in [0.1, 0.15) is 0 Å². The molecule has 0 fully saturated rings. The van der Waals surface area contributed by atoms with Crippen LogP contribution in [0, 0.1) is 0 Å². The highest BCUT2D eigenvalue weighted by Crippen LogP contribution is 2.18. The monoisotopic (exact) mass is 277 g/mol. The van der Waals surface area contributed by atoms with E-state index in [9.17, 15) is 13.5 Å². The Balaban J connectivity index is 3.05. The first-order chi connectivity index (χ1) is 7.83. The van der Waals surface area contributed by atoms with Crippen LogP contribution in [0.3, 0.4) is 0 Å². The summed E-state index contributed by atoms with van der Waals surface area (Å²) in [5, 5.41) is 9.55. The fourth-order valence-corrected chi connectivity index (χ4v) is 3.00. The largest absolute Gasteiger partial charge is 0.394 e. The maximum atomic E-state index is 12.0. The first-order valence-electron chi connectivity index (χ1n) is 5.23. The zero-order valence-corrected chi connectivity index (χ0v) is 11.3. The fraction of sp³-hybridized carbons (Fsp3) is 0.455. The normalized spacial score (nSPS) is 15.5. The van der Waals surface area contributed by atoms with Crippen LogP contribution in [0.25, 0.3) is 0 Å². The number of aliphatic hydroxyl groups is 1. The molecule has 0 saturated heterocycles. The highest BCUT2D eigenvalue weighted by molar-refractivity contribution is 7.89. The van der Waals surface area contributed by atoms with E-state index in [0.717, 1.165) is 0 Å². The zero-order valence-electron chi connectivity index (χ0n) is 9.77. The van der Waals surface area contributed by atoms with Crippen LogP contribution < -0.4 is 4.72 Å². The summed E-state index contributed by atoms with van der Waals surface area (Å²) in [4.78, 5) is 0.0955. The number of benzene rings is 1. The molecule has 0 aromatic heterocycles. The molecule has 96 valence electrons.